The number of nitrogens with zero attached hydrogens (tertiary/aromatic N) is 2. The van der Waals surface area contributed by atoms with Crippen molar-refractivity contribution in [3.63, 3.8) is 0 Å². The molecule has 0 spiro atoms. The van der Waals surface area contributed by atoms with Gasteiger partial charge in [0.15, 0.2) is 0 Å². The highest BCUT2D eigenvalue weighted by molar-refractivity contribution is 5.89. The van der Waals surface area contributed by atoms with Crippen molar-refractivity contribution >= 4 is 17.7 Å². The molecule has 0 heterocycles. The van der Waals surface area contributed by atoms with Crippen molar-refractivity contribution in [1.29, 1.82) is 5.26 Å². The molecule has 1 aromatic carbocycles. The van der Waals surface area contributed by atoms with Crippen LogP contribution in [0.5, 0.6) is 0 Å². The third-order valence-corrected chi connectivity index (χ3v) is 2.25. The first-order chi connectivity index (χ1) is 8.52. The summed E-state index contributed by atoms with van der Waals surface area (Å²) in [6.45, 7) is 0.124. The van der Waals surface area contributed by atoms with Crippen molar-refractivity contribution in [3.05, 3.63) is 29.8 Å². The molecule has 1 rings (SSSR count). The van der Waals surface area contributed by atoms with Crippen LogP contribution in [-0.2, 0) is 4.79 Å². The number of aliphatic carboxylic acids is 1. The number of nitrogens with one attached hydrogen (secondary N) is 1. The summed E-state index contributed by atoms with van der Waals surface area (Å²) in [5, 5.41) is 19.8. The van der Waals surface area contributed by atoms with Gasteiger partial charge in [-0.2, -0.15) is 5.26 Å². The fourth-order valence-electron chi connectivity index (χ4n) is 1.25. The summed E-state index contributed by atoms with van der Waals surface area (Å²) in [5.74, 6) is -0.957. The van der Waals surface area contributed by atoms with E-state index < -0.39 is 12.0 Å². The van der Waals surface area contributed by atoms with Gasteiger partial charge in [0.05, 0.1) is 18.1 Å². The van der Waals surface area contributed by atoms with Gasteiger partial charge in [-0.1, -0.05) is 6.07 Å². The van der Waals surface area contributed by atoms with Crippen LogP contribution in [0.2, 0.25) is 0 Å². The summed E-state index contributed by atoms with van der Waals surface area (Å²) in [4.78, 5) is 23.3. The van der Waals surface area contributed by atoms with Crippen LogP contribution in [0.3, 0.4) is 0 Å². The van der Waals surface area contributed by atoms with E-state index in [1.807, 2.05) is 6.07 Å². The zero-order chi connectivity index (χ0) is 13.5. The van der Waals surface area contributed by atoms with Crippen LogP contribution >= 0.6 is 0 Å². The Bertz CT molecular complexity index is 494. The number of rotatable bonds is 4. The maximum Gasteiger partial charge on any atom is 0.321 e. The number of urea groups is 1. The number of benzene rings is 1. The molecule has 0 unspecified atom stereocenters. The number of hydrogen-bond donors (Lipinski definition) is 2. The highest BCUT2D eigenvalue weighted by Gasteiger charge is 2.10. The second-order valence-corrected chi connectivity index (χ2v) is 3.69. The number of carboxylic acid groups (broad SMARTS) is 1. The van der Waals surface area contributed by atoms with E-state index in [1.165, 1.54) is 11.9 Å². The molecule has 18 heavy (non-hydrogen) atoms. The fourth-order valence-corrected chi connectivity index (χ4v) is 1.25. The molecule has 0 saturated carbocycles. The minimum atomic E-state index is -0.957. The maximum absolute atomic E-state index is 11.7. The Balaban J connectivity index is 2.58. The van der Waals surface area contributed by atoms with Crippen LogP contribution in [0, 0.1) is 11.3 Å². The zero-order valence-corrected chi connectivity index (χ0v) is 9.88. The van der Waals surface area contributed by atoms with Crippen LogP contribution in [-0.4, -0.2) is 35.6 Å². The number of anilines is 1. The Morgan fingerprint density at radius 3 is 2.83 bits per heavy atom. The molecule has 2 N–H and O–H groups in total. The van der Waals surface area contributed by atoms with Crippen molar-refractivity contribution in [2.45, 2.75) is 6.42 Å². The zero-order valence-electron chi connectivity index (χ0n) is 9.88. The monoisotopic (exact) mass is 247 g/mol. The van der Waals surface area contributed by atoms with Crippen molar-refractivity contribution < 1.29 is 14.7 Å². The average Bonchev–Trinajstić information content (AvgIpc) is 2.36. The Hall–Kier alpha value is -2.55. The van der Waals surface area contributed by atoms with Crippen LogP contribution in [0.15, 0.2) is 24.3 Å². The minimum Gasteiger partial charge on any atom is -0.481 e. The van der Waals surface area contributed by atoms with Crippen LogP contribution in [0.25, 0.3) is 0 Å². The summed E-state index contributed by atoms with van der Waals surface area (Å²) < 4.78 is 0. The molecule has 0 atom stereocenters. The molecule has 6 heteroatoms. The van der Waals surface area contributed by atoms with E-state index in [0.717, 1.165) is 0 Å². The van der Waals surface area contributed by atoms with Gasteiger partial charge in [-0.25, -0.2) is 4.79 Å². The minimum absolute atomic E-state index is 0.109. The largest absolute Gasteiger partial charge is 0.481 e. The van der Waals surface area contributed by atoms with Gasteiger partial charge in [-0.3, -0.25) is 4.79 Å². The summed E-state index contributed by atoms with van der Waals surface area (Å²) in [6.07, 6.45) is -0.109. The van der Waals surface area contributed by atoms with Gasteiger partial charge in [0.2, 0.25) is 0 Å². The van der Waals surface area contributed by atoms with E-state index >= 15 is 0 Å². The quantitative estimate of drug-likeness (QED) is 0.843. The van der Waals surface area contributed by atoms with E-state index in [4.69, 9.17) is 10.4 Å². The predicted molar refractivity (Wildman–Crippen MR) is 65.1 cm³/mol. The van der Waals surface area contributed by atoms with E-state index in [2.05, 4.69) is 5.32 Å². The summed E-state index contributed by atoms with van der Waals surface area (Å²) in [7, 11) is 1.51. The molecule has 0 radical (unpaired) electrons. The van der Waals surface area contributed by atoms with Crippen molar-refractivity contribution in [3.8, 4) is 6.07 Å². The normalized spacial score (nSPS) is 9.33. The van der Waals surface area contributed by atoms with Gasteiger partial charge in [-0.15, -0.1) is 0 Å². The highest BCUT2D eigenvalue weighted by Crippen LogP contribution is 2.10. The van der Waals surface area contributed by atoms with Gasteiger partial charge in [-0.05, 0) is 18.2 Å². The van der Waals surface area contributed by atoms with E-state index in [0.29, 0.717) is 11.3 Å². The lowest BCUT2D eigenvalue weighted by atomic mass is 10.2. The van der Waals surface area contributed by atoms with Crippen LogP contribution in [0.1, 0.15) is 12.0 Å². The second kappa shape index (κ2) is 6.25. The van der Waals surface area contributed by atoms with Crippen molar-refractivity contribution in [2.24, 2.45) is 0 Å². The Morgan fingerprint density at radius 2 is 2.22 bits per heavy atom. The topological polar surface area (TPSA) is 93.4 Å². The summed E-state index contributed by atoms with van der Waals surface area (Å²) in [5.41, 5.74) is 0.946. The van der Waals surface area contributed by atoms with Gasteiger partial charge < -0.3 is 15.3 Å². The Kier molecular flexibility index (Phi) is 4.69. The molecule has 0 fully saturated rings. The molecule has 6 nitrogen and oxygen atoms in total. The van der Waals surface area contributed by atoms with Crippen LogP contribution in [0.4, 0.5) is 10.5 Å². The molecule has 0 bridgehead atoms. The van der Waals surface area contributed by atoms with Crippen molar-refractivity contribution in [2.75, 3.05) is 18.9 Å². The molecular weight excluding hydrogens is 234 g/mol. The number of carbonyl (C=O) groups excluding carboxylic acids is 1. The molecule has 1 aromatic rings. The van der Waals surface area contributed by atoms with E-state index in [-0.39, 0.29) is 13.0 Å². The third kappa shape index (κ3) is 4.14. The first kappa shape index (κ1) is 13.5. The standard InChI is InChI=1S/C12H13N3O3/c1-15(6-5-11(16)17)12(18)14-10-4-2-3-9(7-10)8-13/h2-4,7H,5-6H2,1H3,(H,14,18)(H,16,17). The first-order valence-corrected chi connectivity index (χ1v) is 5.27. The molecule has 0 saturated heterocycles. The summed E-state index contributed by atoms with van der Waals surface area (Å²) >= 11 is 0. The lowest BCUT2D eigenvalue weighted by Gasteiger charge is -2.16. The molecule has 0 aromatic heterocycles. The number of carboxylic acids is 1. The number of carbonyl (C=O) groups is 2. The van der Waals surface area contributed by atoms with Gasteiger partial charge in [0.25, 0.3) is 0 Å². The average molecular weight is 247 g/mol. The first-order valence-electron chi connectivity index (χ1n) is 5.27. The third-order valence-electron chi connectivity index (χ3n) is 2.25. The lowest BCUT2D eigenvalue weighted by Crippen LogP contribution is -2.33. The fraction of sp³-hybridized carbons (Fsp3) is 0.250. The SMILES string of the molecule is CN(CCC(=O)O)C(=O)Nc1cccc(C#N)c1. The predicted octanol–water partition coefficient (Wildman–Crippen LogP) is 1.50. The van der Waals surface area contributed by atoms with E-state index in [1.54, 1.807) is 24.3 Å². The highest BCUT2D eigenvalue weighted by atomic mass is 16.4. The molecular formula is C12H13N3O3. The van der Waals surface area contributed by atoms with Crippen LogP contribution < -0.4 is 5.32 Å². The van der Waals surface area contributed by atoms with Gasteiger partial charge in [0, 0.05) is 19.3 Å². The molecule has 94 valence electrons. The second-order valence-electron chi connectivity index (χ2n) is 3.69. The number of hydrogen-bond acceptors (Lipinski definition) is 3. The maximum atomic E-state index is 11.7. The van der Waals surface area contributed by atoms with Gasteiger partial charge in [0.1, 0.15) is 0 Å². The molecule has 0 aliphatic carbocycles. The van der Waals surface area contributed by atoms with Gasteiger partial charge >= 0.3 is 12.0 Å². The summed E-state index contributed by atoms with van der Waals surface area (Å²) in [6, 6.07) is 8.04. The van der Waals surface area contributed by atoms with Crippen molar-refractivity contribution in [1.82, 2.24) is 4.90 Å². The smallest absolute Gasteiger partial charge is 0.321 e. The number of amides is 2. The lowest BCUT2D eigenvalue weighted by molar-refractivity contribution is -0.137. The molecule has 0 aliphatic heterocycles. The Labute approximate surface area is 104 Å². The molecule has 2 amide bonds. The Morgan fingerprint density at radius 1 is 1.50 bits per heavy atom. The number of nitriles is 1. The van der Waals surface area contributed by atoms with E-state index in [9.17, 15) is 9.59 Å². The molecule has 0 aliphatic rings.